The molecule has 0 bridgehead atoms. The molecule has 0 spiro atoms. The molecule has 1 rings (SSSR count). The number of piperidine rings is 1. The number of nitrogens with zero attached hydrogens (tertiary/aromatic N) is 1. The second-order valence-corrected chi connectivity index (χ2v) is 5.33. The maximum Gasteiger partial charge on any atom is 0.223 e. The van der Waals surface area contributed by atoms with Crippen LogP contribution in [0.25, 0.3) is 0 Å². The van der Waals surface area contributed by atoms with Crippen LogP contribution in [0.1, 0.15) is 19.8 Å². The van der Waals surface area contributed by atoms with E-state index in [1.807, 2.05) is 11.2 Å². The molecule has 1 aliphatic rings. The van der Waals surface area contributed by atoms with Crippen LogP contribution in [0, 0.1) is 11.8 Å². The largest absolute Gasteiger partial charge is 0.342 e. The molecule has 1 heterocycles. The standard InChI is InChI=1S/C11H22N2OS/c1-9-3-5-13(8-10(9)7-12)11(14)4-6-15-2/h9-10H,3-8,12H2,1-2H3. The molecule has 0 aromatic carbocycles. The minimum absolute atomic E-state index is 0.301. The normalized spacial score (nSPS) is 26.7. The van der Waals surface area contributed by atoms with Crippen molar-refractivity contribution < 1.29 is 4.79 Å². The fraction of sp³-hybridized carbons (Fsp3) is 0.909. The van der Waals surface area contributed by atoms with Gasteiger partial charge in [0.2, 0.25) is 5.91 Å². The van der Waals surface area contributed by atoms with Crippen molar-refractivity contribution in [2.45, 2.75) is 19.8 Å². The molecular formula is C11H22N2OS. The number of hydrogen-bond donors (Lipinski definition) is 1. The maximum absolute atomic E-state index is 11.8. The fourth-order valence-corrected chi connectivity index (χ4v) is 2.41. The van der Waals surface area contributed by atoms with Crippen LogP contribution in [0.3, 0.4) is 0 Å². The van der Waals surface area contributed by atoms with Gasteiger partial charge in [0.15, 0.2) is 0 Å². The highest BCUT2D eigenvalue weighted by molar-refractivity contribution is 7.98. The van der Waals surface area contributed by atoms with Crippen molar-refractivity contribution in [2.75, 3.05) is 31.6 Å². The minimum Gasteiger partial charge on any atom is -0.342 e. The zero-order valence-electron chi connectivity index (χ0n) is 9.74. The Morgan fingerprint density at radius 3 is 2.93 bits per heavy atom. The van der Waals surface area contributed by atoms with Gasteiger partial charge in [-0.3, -0.25) is 4.79 Å². The highest BCUT2D eigenvalue weighted by Crippen LogP contribution is 2.22. The van der Waals surface area contributed by atoms with Crippen molar-refractivity contribution in [3.05, 3.63) is 0 Å². The Morgan fingerprint density at radius 1 is 1.60 bits per heavy atom. The van der Waals surface area contributed by atoms with Gasteiger partial charge in [-0.05, 0) is 31.1 Å². The van der Waals surface area contributed by atoms with Crippen LogP contribution in [0.4, 0.5) is 0 Å². The first-order valence-electron chi connectivity index (χ1n) is 5.65. The van der Waals surface area contributed by atoms with Gasteiger partial charge in [0.05, 0.1) is 0 Å². The van der Waals surface area contributed by atoms with Gasteiger partial charge in [0.25, 0.3) is 0 Å². The summed E-state index contributed by atoms with van der Waals surface area (Å²) in [6.07, 6.45) is 3.81. The summed E-state index contributed by atoms with van der Waals surface area (Å²) in [5.74, 6) is 2.39. The van der Waals surface area contributed by atoms with Gasteiger partial charge in [-0.25, -0.2) is 0 Å². The SMILES string of the molecule is CSCCC(=O)N1CCC(C)C(CN)C1. The average molecular weight is 230 g/mol. The summed E-state index contributed by atoms with van der Waals surface area (Å²) in [6.45, 7) is 4.73. The highest BCUT2D eigenvalue weighted by atomic mass is 32.2. The molecule has 0 aliphatic carbocycles. The Morgan fingerprint density at radius 2 is 2.33 bits per heavy atom. The summed E-state index contributed by atoms with van der Waals surface area (Å²) in [6, 6.07) is 0. The third-order valence-corrected chi connectivity index (χ3v) is 3.90. The van der Waals surface area contributed by atoms with Gasteiger partial charge in [-0.2, -0.15) is 11.8 Å². The molecule has 88 valence electrons. The third kappa shape index (κ3) is 3.68. The zero-order valence-corrected chi connectivity index (χ0v) is 10.6. The fourth-order valence-electron chi connectivity index (χ4n) is 2.03. The minimum atomic E-state index is 0.301. The lowest BCUT2D eigenvalue weighted by Gasteiger charge is -2.36. The molecule has 2 N–H and O–H groups in total. The van der Waals surface area contributed by atoms with E-state index >= 15 is 0 Å². The summed E-state index contributed by atoms with van der Waals surface area (Å²) >= 11 is 1.73. The van der Waals surface area contributed by atoms with Gasteiger partial charge in [0, 0.05) is 25.3 Å². The van der Waals surface area contributed by atoms with Crippen LogP contribution < -0.4 is 5.73 Å². The lowest BCUT2D eigenvalue weighted by Crippen LogP contribution is -2.45. The molecule has 0 aromatic heterocycles. The van der Waals surface area contributed by atoms with Crippen molar-refractivity contribution in [1.82, 2.24) is 4.90 Å². The van der Waals surface area contributed by atoms with Gasteiger partial charge in [-0.15, -0.1) is 0 Å². The van der Waals surface area contributed by atoms with E-state index in [-0.39, 0.29) is 0 Å². The number of rotatable bonds is 4. The zero-order chi connectivity index (χ0) is 11.3. The van der Waals surface area contributed by atoms with Crippen molar-refractivity contribution in [3.63, 3.8) is 0 Å². The van der Waals surface area contributed by atoms with Crippen LogP contribution in [-0.4, -0.2) is 42.4 Å². The summed E-state index contributed by atoms with van der Waals surface area (Å²) in [5, 5.41) is 0. The van der Waals surface area contributed by atoms with E-state index in [0.717, 1.165) is 25.3 Å². The second kappa shape index (κ2) is 6.38. The highest BCUT2D eigenvalue weighted by Gasteiger charge is 2.27. The molecule has 4 heteroatoms. The number of hydrogen-bond acceptors (Lipinski definition) is 3. The predicted molar refractivity (Wildman–Crippen MR) is 65.9 cm³/mol. The number of nitrogens with two attached hydrogens (primary N) is 1. The summed E-state index contributed by atoms with van der Waals surface area (Å²) in [4.78, 5) is 13.8. The topological polar surface area (TPSA) is 46.3 Å². The molecule has 1 aliphatic heterocycles. The number of thioether (sulfide) groups is 1. The van der Waals surface area contributed by atoms with Crippen molar-refractivity contribution in [1.29, 1.82) is 0 Å². The first-order valence-corrected chi connectivity index (χ1v) is 7.05. The van der Waals surface area contributed by atoms with Gasteiger partial charge >= 0.3 is 0 Å². The molecule has 0 saturated carbocycles. The van der Waals surface area contributed by atoms with Crippen LogP contribution in [0.15, 0.2) is 0 Å². The molecule has 0 aromatic rings. The monoisotopic (exact) mass is 230 g/mol. The summed E-state index contributed by atoms with van der Waals surface area (Å²) in [7, 11) is 0. The van der Waals surface area contributed by atoms with E-state index in [1.54, 1.807) is 11.8 Å². The van der Waals surface area contributed by atoms with Crippen molar-refractivity contribution in [3.8, 4) is 0 Å². The molecule has 2 unspecified atom stereocenters. The Kier molecular flexibility index (Phi) is 5.47. The van der Waals surface area contributed by atoms with E-state index in [9.17, 15) is 4.79 Å². The summed E-state index contributed by atoms with van der Waals surface area (Å²) < 4.78 is 0. The molecule has 15 heavy (non-hydrogen) atoms. The lowest BCUT2D eigenvalue weighted by atomic mass is 9.87. The molecule has 2 atom stereocenters. The Hall–Kier alpha value is -0.220. The van der Waals surface area contributed by atoms with Gasteiger partial charge in [-0.1, -0.05) is 6.92 Å². The third-order valence-electron chi connectivity index (χ3n) is 3.29. The smallest absolute Gasteiger partial charge is 0.223 e. The van der Waals surface area contributed by atoms with E-state index in [2.05, 4.69) is 6.92 Å². The average Bonchev–Trinajstić information content (AvgIpc) is 2.26. The lowest BCUT2D eigenvalue weighted by molar-refractivity contribution is -0.133. The van der Waals surface area contributed by atoms with Crippen LogP contribution in [0.2, 0.25) is 0 Å². The number of carbonyl (C=O) groups excluding carboxylic acids is 1. The Balaban J connectivity index is 2.40. The molecule has 3 nitrogen and oxygen atoms in total. The summed E-state index contributed by atoms with van der Waals surface area (Å²) in [5.41, 5.74) is 5.71. The molecule has 0 radical (unpaired) electrons. The first kappa shape index (κ1) is 12.8. The number of carbonyl (C=O) groups is 1. The second-order valence-electron chi connectivity index (χ2n) is 4.34. The number of amides is 1. The van der Waals surface area contributed by atoms with Gasteiger partial charge in [0.1, 0.15) is 0 Å². The van der Waals surface area contributed by atoms with Crippen molar-refractivity contribution >= 4 is 17.7 Å². The van der Waals surface area contributed by atoms with E-state index in [4.69, 9.17) is 5.73 Å². The van der Waals surface area contributed by atoms with Crippen molar-refractivity contribution in [2.24, 2.45) is 17.6 Å². The van der Waals surface area contributed by atoms with Gasteiger partial charge < -0.3 is 10.6 Å². The Labute approximate surface area is 96.8 Å². The molecular weight excluding hydrogens is 208 g/mol. The van der Waals surface area contributed by atoms with E-state index < -0.39 is 0 Å². The van der Waals surface area contributed by atoms with Crippen LogP contribution >= 0.6 is 11.8 Å². The molecule has 1 amide bonds. The molecule has 1 saturated heterocycles. The van der Waals surface area contributed by atoms with E-state index in [0.29, 0.717) is 30.7 Å². The molecule has 1 fully saturated rings. The van der Waals surface area contributed by atoms with E-state index in [1.165, 1.54) is 0 Å². The quantitative estimate of drug-likeness (QED) is 0.789. The van der Waals surface area contributed by atoms with Crippen LogP contribution in [0.5, 0.6) is 0 Å². The van der Waals surface area contributed by atoms with Crippen LogP contribution in [-0.2, 0) is 4.79 Å². The predicted octanol–water partition coefficient (Wildman–Crippen LogP) is 1.18. The maximum atomic E-state index is 11.8. The first-order chi connectivity index (χ1) is 7.19. The number of likely N-dealkylation sites (tertiary alicyclic amines) is 1. The Bertz CT molecular complexity index is 211.